The van der Waals surface area contributed by atoms with Gasteiger partial charge in [0.15, 0.2) is 0 Å². The van der Waals surface area contributed by atoms with E-state index in [1.165, 1.54) is 19.1 Å². The molecule has 0 fully saturated rings. The summed E-state index contributed by atoms with van der Waals surface area (Å²) in [5.74, 6) is -1.57. The average Bonchev–Trinajstić information content (AvgIpc) is 2.30. The van der Waals surface area contributed by atoms with Crippen molar-refractivity contribution < 1.29 is 24.9 Å². The van der Waals surface area contributed by atoms with Crippen LogP contribution in [0.4, 0.5) is 5.69 Å². The Morgan fingerprint density at radius 2 is 2.06 bits per heavy atom. The van der Waals surface area contributed by atoms with Crippen molar-refractivity contribution in [1.29, 1.82) is 0 Å². The van der Waals surface area contributed by atoms with Gasteiger partial charge in [-0.1, -0.05) is 12.1 Å². The van der Waals surface area contributed by atoms with E-state index in [2.05, 4.69) is 5.32 Å². The molecule has 0 saturated carbocycles. The van der Waals surface area contributed by atoms with Crippen molar-refractivity contribution in [2.24, 2.45) is 0 Å². The maximum absolute atomic E-state index is 11.1. The van der Waals surface area contributed by atoms with Crippen molar-refractivity contribution in [3.8, 4) is 0 Å². The van der Waals surface area contributed by atoms with Crippen LogP contribution in [-0.2, 0) is 11.2 Å². The van der Waals surface area contributed by atoms with Crippen LogP contribution in [-0.4, -0.2) is 39.9 Å². The molecule has 6 heteroatoms. The van der Waals surface area contributed by atoms with Crippen LogP contribution >= 0.6 is 0 Å². The number of benzene rings is 1. The molecule has 1 unspecified atom stereocenters. The van der Waals surface area contributed by atoms with Gasteiger partial charge in [-0.3, -0.25) is 4.79 Å². The molecule has 6 nitrogen and oxygen atoms in total. The smallest absolute Gasteiger partial charge is 0.337 e. The number of nitrogens with one attached hydrogen (secondary N) is 1. The van der Waals surface area contributed by atoms with Crippen LogP contribution in [0.15, 0.2) is 18.2 Å². The number of aromatic carboxylic acids is 1. The molecular formula is C12H15NO5. The van der Waals surface area contributed by atoms with E-state index in [0.29, 0.717) is 5.56 Å². The highest BCUT2D eigenvalue weighted by Gasteiger charge is 2.16. The molecule has 18 heavy (non-hydrogen) atoms. The van der Waals surface area contributed by atoms with E-state index in [1.807, 2.05) is 0 Å². The number of anilines is 1. The van der Waals surface area contributed by atoms with Gasteiger partial charge in [0.2, 0.25) is 5.91 Å². The average molecular weight is 253 g/mol. The van der Waals surface area contributed by atoms with Gasteiger partial charge in [0.1, 0.15) is 0 Å². The fourth-order valence-corrected chi connectivity index (χ4v) is 1.59. The Labute approximate surface area is 104 Å². The highest BCUT2D eigenvalue weighted by Crippen LogP contribution is 2.23. The number of hydrogen-bond acceptors (Lipinski definition) is 4. The molecule has 1 aromatic rings. The minimum absolute atomic E-state index is 0.0483. The van der Waals surface area contributed by atoms with E-state index in [1.54, 1.807) is 6.07 Å². The fourth-order valence-electron chi connectivity index (χ4n) is 1.59. The molecule has 0 aromatic heterocycles. The van der Waals surface area contributed by atoms with Gasteiger partial charge in [-0.25, -0.2) is 4.79 Å². The van der Waals surface area contributed by atoms with Crippen molar-refractivity contribution in [2.45, 2.75) is 19.4 Å². The summed E-state index contributed by atoms with van der Waals surface area (Å²) in [5.41, 5.74) is 0.574. The van der Waals surface area contributed by atoms with Crippen molar-refractivity contribution in [2.75, 3.05) is 11.9 Å². The predicted molar refractivity (Wildman–Crippen MR) is 64.5 cm³/mol. The molecule has 1 atom stereocenters. The molecule has 0 bridgehead atoms. The van der Waals surface area contributed by atoms with Gasteiger partial charge in [0.25, 0.3) is 0 Å². The maximum atomic E-state index is 11.1. The maximum Gasteiger partial charge on any atom is 0.337 e. The first-order chi connectivity index (χ1) is 8.45. The molecule has 0 saturated heterocycles. The number of carboxylic acid groups (broad SMARTS) is 1. The zero-order chi connectivity index (χ0) is 13.7. The van der Waals surface area contributed by atoms with Gasteiger partial charge in [-0.2, -0.15) is 0 Å². The lowest BCUT2D eigenvalue weighted by molar-refractivity contribution is -0.114. The Hall–Kier alpha value is -1.92. The van der Waals surface area contributed by atoms with Gasteiger partial charge in [-0.15, -0.1) is 0 Å². The molecule has 4 N–H and O–H groups in total. The van der Waals surface area contributed by atoms with Crippen LogP contribution in [0.3, 0.4) is 0 Å². The number of aliphatic hydroxyl groups excluding tert-OH is 2. The van der Waals surface area contributed by atoms with Crippen LogP contribution in [0, 0.1) is 0 Å². The van der Waals surface area contributed by atoms with Crippen LogP contribution in [0.2, 0.25) is 0 Å². The predicted octanol–water partition coefficient (Wildman–Crippen LogP) is 0.239. The molecule has 1 rings (SSSR count). The Morgan fingerprint density at radius 1 is 1.39 bits per heavy atom. The molecule has 0 spiro atoms. The lowest BCUT2D eigenvalue weighted by atomic mass is 10.0. The highest BCUT2D eigenvalue weighted by molar-refractivity contribution is 6.00. The summed E-state index contributed by atoms with van der Waals surface area (Å²) < 4.78 is 0. The number of para-hydroxylation sites is 1. The molecule has 1 aromatic carbocycles. The zero-order valence-electron chi connectivity index (χ0n) is 9.88. The summed E-state index contributed by atoms with van der Waals surface area (Å²) in [7, 11) is 0. The number of aliphatic hydroxyl groups is 2. The summed E-state index contributed by atoms with van der Waals surface area (Å²) in [6.07, 6.45) is -0.936. The third kappa shape index (κ3) is 3.54. The van der Waals surface area contributed by atoms with Crippen molar-refractivity contribution in [3.63, 3.8) is 0 Å². The van der Waals surface area contributed by atoms with E-state index < -0.39 is 24.6 Å². The van der Waals surface area contributed by atoms with Crippen LogP contribution in [0.1, 0.15) is 22.8 Å². The van der Waals surface area contributed by atoms with Crippen molar-refractivity contribution in [1.82, 2.24) is 0 Å². The Morgan fingerprint density at radius 3 is 2.56 bits per heavy atom. The van der Waals surface area contributed by atoms with E-state index >= 15 is 0 Å². The van der Waals surface area contributed by atoms with Gasteiger partial charge in [0.05, 0.1) is 24.0 Å². The second-order valence-corrected chi connectivity index (χ2v) is 3.87. The molecule has 0 heterocycles. The molecule has 1 amide bonds. The second kappa shape index (κ2) is 6.13. The Balaban J connectivity index is 3.18. The standard InChI is InChI=1S/C12H15NO5/c1-7(15)13-11-8(5-9(16)6-14)3-2-4-10(11)12(17)18/h2-4,9,14,16H,5-6H2,1H3,(H,13,15)(H,17,18). The summed E-state index contributed by atoms with van der Waals surface area (Å²) in [5, 5.41) is 29.7. The number of hydrogen-bond donors (Lipinski definition) is 4. The van der Waals surface area contributed by atoms with Gasteiger partial charge in [-0.05, 0) is 11.6 Å². The van der Waals surface area contributed by atoms with E-state index in [-0.39, 0.29) is 17.7 Å². The third-order valence-electron chi connectivity index (χ3n) is 2.35. The zero-order valence-corrected chi connectivity index (χ0v) is 9.88. The lowest BCUT2D eigenvalue weighted by Crippen LogP contribution is -2.19. The second-order valence-electron chi connectivity index (χ2n) is 3.87. The van der Waals surface area contributed by atoms with Gasteiger partial charge >= 0.3 is 5.97 Å². The van der Waals surface area contributed by atoms with Crippen LogP contribution in [0.25, 0.3) is 0 Å². The van der Waals surface area contributed by atoms with Crippen molar-refractivity contribution in [3.05, 3.63) is 29.3 Å². The van der Waals surface area contributed by atoms with E-state index in [4.69, 9.17) is 10.2 Å². The topological polar surface area (TPSA) is 107 Å². The fraction of sp³-hybridized carbons (Fsp3) is 0.333. The Bertz CT molecular complexity index is 458. The van der Waals surface area contributed by atoms with Gasteiger partial charge < -0.3 is 20.6 Å². The number of carboxylic acids is 1. The largest absolute Gasteiger partial charge is 0.478 e. The van der Waals surface area contributed by atoms with Crippen molar-refractivity contribution >= 4 is 17.6 Å². The number of rotatable bonds is 5. The summed E-state index contributed by atoms with van der Waals surface area (Å²) in [6, 6.07) is 4.48. The molecule has 0 aliphatic heterocycles. The minimum Gasteiger partial charge on any atom is -0.478 e. The first kappa shape index (κ1) is 14.1. The lowest BCUT2D eigenvalue weighted by Gasteiger charge is -2.14. The monoisotopic (exact) mass is 253 g/mol. The van der Waals surface area contributed by atoms with Crippen LogP contribution < -0.4 is 5.32 Å². The number of carbonyl (C=O) groups excluding carboxylic acids is 1. The molecule has 0 radical (unpaired) electrons. The molecule has 0 aliphatic carbocycles. The quantitative estimate of drug-likeness (QED) is 0.601. The minimum atomic E-state index is -1.17. The van der Waals surface area contributed by atoms with E-state index in [0.717, 1.165) is 0 Å². The normalized spacial score (nSPS) is 11.9. The van der Waals surface area contributed by atoms with E-state index in [9.17, 15) is 14.7 Å². The summed E-state index contributed by atoms with van der Waals surface area (Å²) in [6.45, 7) is 0.835. The number of carbonyl (C=O) groups is 2. The first-order valence-electron chi connectivity index (χ1n) is 5.37. The highest BCUT2D eigenvalue weighted by atomic mass is 16.4. The van der Waals surface area contributed by atoms with Gasteiger partial charge in [0, 0.05) is 13.3 Å². The SMILES string of the molecule is CC(=O)Nc1c(CC(O)CO)cccc1C(=O)O. The Kier molecular flexibility index (Phi) is 4.82. The number of amides is 1. The third-order valence-corrected chi connectivity index (χ3v) is 2.35. The summed E-state index contributed by atoms with van der Waals surface area (Å²) >= 11 is 0. The van der Waals surface area contributed by atoms with Crippen LogP contribution in [0.5, 0.6) is 0 Å². The molecule has 98 valence electrons. The molecular weight excluding hydrogens is 238 g/mol. The molecule has 0 aliphatic rings. The summed E-state index contributed by atoms with van der Waals surface area (Å²) in [4.78, 5) is 22.1. The first-order valence-corrected chi connectivity index (χ1v) is 5.37.